The van der Waals surface area contributed by atoms with E-state index < -0.39 is 0 Å². The molecule has 5 heteroatoms. The Morgan fingerprint density at radius 3 is 2.77 bits per heavy atom. The Labute approximate surface area is 141 Å². The smallest absolute Gasteiger partial charge is 0.222 e. The number of ether oxygens (including phenoxy) is 1. The summed E-state index contributed by atoms with van der Waals surface area (Å²) in [6.45, 7) is 2.10. The number of hydrogen-bond donors (Lipinski definition) is 1. The number of unbranched alkanes of at least 4 members (excludes halogenated alkanes) is 1. The number of likely N-dealkylation sites (tertiary alicyclic amines) is 1. The van der Waals surface area contributed by atoms with Crippen molar-refractivity contribution in [2.45, 2.75) is 44.6 Å². The Bertz CT molecular complexity index is 464. The lowest BCUT2D eigenvalue weighted by Crippen LogP contribution is -2.47. The second-order valence-electron chi connectivity index (χ2n) is 5.73. The number of amides is 1. The summed E-state index contributed by atoms with van der Waals surface area (Å²) in [7, 11) is 0. The lowest BCUT2D eigenvalue weighted by atomic mass is 10.0. The van der Waals surface area contributed by atoms with Gasteiger partial charge in [-0.1, -0.05) is 15.9 Å². The summed E-state index contributed by atoms with van der Waals surface area (Å²) in [6.07, 6.45) is 5.70. The molecule has 2 rings (SSSR count). The highest BCUT2D eigenvalue weighted by Gasteiger charge is 2.24. The molecular formula is C17H25BrN2O2. The average Bonchev–Trinajstić information content (AvgIpc) is 2.56. The van der Waals surface area contributed by atoms with Gasteiger partial charge in [-0.3, -0.25) is 4.79 Å². The van der Waals surface area contributed by atoms with Crippen molar-refractivity contribution in [3.8, 4) is 5.75 Å². The first-order valence-corrected chi connectivity index (χ1v) is 8.88. The number of halogens is 1. The molecular weight excluding hydrogens is 344 g/mol. The molecule has 1 aliphatic rings. The van der Waals surface area contributed by atoms with Gasteiger partial charge in [0.2, 0.25) is 5.91 Å². The Morgan fingerprint density at radius 2 is 2.05 bits per heavy atom. The molecule has 1 aliphatic heterocycles. The Kier molecular flexibility index (Phi) is 7.19. The first-order chi connectivity index (χ1) is 10.7. The van der Waals surface area contributed by atoms with Crippen LogP contribution in [0.2, 0.25) is 0 Å². The zero-order valence-corrected chi connectivity index (χ0v) is 14.6. The number of hydrogen-bond acceptors (Lipinski definition) is 3. The first-order valence-electron chi connectivity index (χ1n) is 8.08. The minimum Gasteiger partial charge on any atom is -0.494 e. The number of nitrogens with zero attached hydrogens (tertiary/aromatic N) is 1. The summed E-state index contributed by atoms with van der Waals surface area (Å²) in [5, 5.41) is 0. The molecule has 2 N–H and O–H groups in total. The molecule has 1 amide bonds. The molecule has 1 unspecified atom stereocenters. The molecule has 4 nitrogen and oxygen atoms in total. The van der Waals surface area contributed by atoms with Crippen LogP contribution in [-0.4, -0.2) is 36.5 Å². The summed E-state index contributed by atoms with van der Waals surface area (Å²) >= 11 is 3.40. The third-order valence-corrected chi connectivity index (χ3v) is 4.62. The number of piperidine rings is 1. The second-order valence-corrected chi connectivity index (χ2v) is 6.65. The van der Waals surface area contributed by atoms with Crippen LogP contribution in [0.4, 0.5) is 0 Å². The topological polar surface area (TPSA) is 55.6 Å². The van der Waals surface area contributed by atoms with Crippen molar-refractivity contribution in [3.05, 3.63) is 28.7 Å². The van der Waals surface area contributed by atoms with E-state index >= 15 is 0 Å². The highest BCUT2D eigenvalue weighted by Crippen LogP contribution is 2.18. The molecule has 1 atom stereocenters. The average molecular weight is 369 g/mol. The van der Waals surface area contributed by atoms with E-state index in [1.807, 2.05) is 29.2 Å². The number of carbonyl (C=O) groups excluding carboxylic acids is 1. The van der Waals surface area contributed by atoms with Crippen LogP contribution < -0.4 is 10.5 Å². The van der Waals surface area contributed by atoms with Crippen molar-refractivity contribution in [1.29, 1.82) is 0 Å². The van der Waals surface area contributed by atoms with Gasteiger partial charge >= 0.3 is 0 Å². The van der Waals surface area contributed by atoms with Crippen LogP contribution >= 0.6 is 15.9 Å². The van der Waals surface area contributed by atoms with Crippen molar-refractivity contribution in [1.82, 2.24) is 4.90 Å². The van der Waals surface area contributed by atoms with E-state index in [1.54, 1.807) is 0 Å². The molecule has 1 fully saturated rings. The molecule has 122 valence electrons. The summed E-state index contributed by atoms with van der Waals surface area (Å²) in [5.41, 5.74) is 5.77. The third-order valence-electron chi connectivity index (χ3n) is 4.09. The number of nitrogens with two attached hydrogens (primary N) is 1. The monoisotopic (exact) mass is 368 g/mol. The van der Waals surface area contributed by atoms with Gasteiger partial charge in [0.1, 0.15) is 5.75 Å². The van der Waals surface area contributed by atoms with Gasteiger partial charge in [0, 0.05) is 30.0 Å². The number of benzene rings is 1. The minimum atomic E-state index is 0.249. The predicted molar refractivity (Wildman–Crippen MR) is 91.9 cm³/mol. The lowest BCUT2D eigenvalue weighted by Gasteiger charge is -2.35. The predicted octanol–water partition coefficient (Wildman–Crippen LogP) is 3.34. The van der Waals surface area contributed by atoms with Gasteiger partial charge in [0.15, 0.2) is 0 Å². The van der Waals surface area contributed by atoms with Crippen LogP contribution in [0, 0.1) is 0 Å². The van der Waals surface area contributed by atoms with Gasteiger partial charge in [0.25, 0.3) is 0 Å². The highest BCUT2D eigenvalue weighted by molar-refractivity contribution is 9.10. The summed E-state index contributed by atoms with van der Waals surface area (Å²) in [4.78, 5) is 14.2. The SMILES string of the molecule is NCC1CCCCN1C(=O)CCCCOc1ccc(Br)cc1. The van der Waals surface area contributed by atoms with E-state index in [0.717, 1.165) is 42.5 Å². The molecule has 0 bridgehead atoms. The van der Waals surface area contributed by atoms with Crippen molar-refractivity contribution >= 4 is 21.8 Å². The molecule has 1 saturated heterocycles. The van der Waals surface area contributed by atoms with E-state index in [0.29, 0.717) is 19.6 Å². The quantitative estimate of drug-likeness (QED) is 0.750. The largest absolute Gasteiger partial charge is 0.494 e. The van der Waals surface area contributed by atoms with Crippen molar-refractivity contribution in [2.24, 2.45) is 5.73 Å². The van der Waals surface area contributed by atoms with Crippen LogP contribution in [0.25, 0.3) is 0 Å². The summed E-state index contributed by atoms with van der Waals surface area (Å²) in [6, 6.07) is 8.05. The maximum absolute atomic E-state index is 12.3. The van der Waals surface area contributed by atoms with Gasteiger partial charge in [-0.05, 0) is 56.4 Å². The van der Waals surface area contributed by atoms with Gasteiger partial charge in [-0.25, -0.2) is 0 Å². The van der Waals surface area contributed by atoms with Gasteiger partial charge < -0.3 is 15.4 Å². The van der Waals surface area contributed by atoms with Crippen molar-refractivity contribution in [3.63, 3.8) is 0 Å². The Balaban J connectivity index is 1.63. The zero-order chi connectivity index (χ0) is 15.8. The highest BCUT2D eigenvalue weighted by atomic mass is 79.9. The van der Waals surface area contributed by atoms with E-state index in [2.05, 4.69) is 15.9 Å². The van der Waals surface area contributed by atoms with Crippen molar-refractivity contribution < 1.29 is 9.53 Å². The van der Waals surface area contributed by atoms with Crippen LogP contribution in [-0.2, 0) is 4.79 Å². The Hall–Kier alpha value is -1.07. The van der Waals surface area contributed by atoms with Crippen LogP contribution in [0.15, 0.2) is 28.7 Å². The fourth-order valence-corrected chi connectivity index (χ4v) is 3.08. The fraction of sp³-hybridized carbons (Fsp3) is 0.588. The van der Waals surface area contributed by atoms with E-state index in [4.69, 9.17) is 10.5 Å². The maximum atomic E-state index is 12.3. The summed E-state index contributed by atoms with van der Waals surface area (Å²) < 4.78 is 6.71. The molecule has 0 aromatic heterocycles. The second kappa shape index (κ2) is 9.16. The lowest BCUT2D eigenvalue weighted by molar-refractivity contribution is -0.134. The van der Waals surface area contributed by atoms with E-state index in [9.17, 15) is 4.79 Å². The normalized spacial score (nSPS) is 18.3. The molecule has 1 aromatic carbocycles. The molecule has 1 heterocycles. The molecule has 0 saturated carbocycles. The Morgan fingerprint density at radius 1 is 1.27 bits per heavy atom. The first kappa shape index (κ1) is 17.3. The van der Waals surface area contributed by atoms with Gasteiger partial charge in [0.05, 0.1) is 6.61 Å². The van der Waals surface area contributed by atoms with Crippen LogP contribution in [0.3, 0.4) is 0 Å². The number of rotatable bonds is 7. The van der Waals surface area contributed by atoms with Crippen LogP contribution in [0.1, 0.15) is 38.5 Å². The van der Waals surface area contributed by atoms with Crippen LogP contribution in [0.5, 0.6) is 5.75 Å². The standard InChI is InChI=1S/C17H25BrN2O2/c18-14-7-9-16(10-8-14)22-12-4-2-6-17(21)20-11-3-1-5-15(20)13-19/h7-10,15H,1-6,11-13,19H2. The molecule has 0 radical (unpaired) electrons. The van der Waals surface area contributed by atoms with Crippen molar-refractivity contribution in [2.75, 3.05) is 19.7 Å². The molecule has 22 heavy (non-hydrogen) atoms. The molecule has 0 spiro atoms. The van der Waals surface area contributed by atoms with Gasteiger partial charge in [-0.15, -0.1) is 0 Å². The van der Waals surface area contributed by atoms with E-state index in [1.165, 1.54) is 6.42 Å². The molecule has 0 aliphatic carbocycles. The zero-order valence-electron chi connectivity index (χ0n) is 13.0. The molecule has 1 aromatic rings. The third kappa shape index (κ3) is 5.29. The minimum absolute atomic E-state index is 0.249. The number of carbonyl (C=O) groups is 1. The maximum Gasteiger partial charge on any atom is 0.222 e. The fourth-order valence-electron chi connectivity index (χ4n) is 2.82. The van der Waals surface area contributed by atoms with E-state index in [-0.39, 0.29) is 11.9 Å². The summed E-state index contributed by atoms with van der Waals surface area (Å²) in [5.74, 6) is 1.12. The van der Waals surface area contributed by atoms with Gasteiger partial charge in [-0.2, -0.15) is 0 Å².